The van der Waals surface area contributed by atoms with Crippen LogP contribution in [0.15, 0.2) is 23.7 Å². The van der Waals surface area contributed by atoms with Gasteiger partial charge in [-0.05, 0) is 29.8 Å². The summed E-state index contributed by atoms with van der Waals surface area (Å²) >= 11 is 1.67. The summed E-state index contributed by atoms with van der Waals surface area (Å²) in [7, 11) is 0. The number of hydrogen-bond donors (Lipinski definition) is 0. The molecule has 0 spiro atoms. The van der Waals surface area contributed by atoms with E-state index < -0.39 is 0 Å². The summed E-state index contributed by atoms with van der Waals surface area (Å²) in [4.78, 5) is 4.16. The van der Waals surface area contributed by atoms with Gasteiger partial charge in [0.15, 0.2) is 0 Å². The van der Waals surface area contributed by atoms with Crippen LogP contribution in [-0.4, -0.2) is 11.6 Å². The van der Waals surface area contributed by atoms with Crippen LogP contribution >= 0.6 is 11.3 Å². The Morgan fingerprint density at radius 1 is 1.50 bits per heavy atom. The highest BCUT2D eigenvalue weighted by Gasteiger charge is 2.02. The van der Waals surface area contributed by atoms with E-state index in [0.29, 0.717) is 6.61 Å². The molecule has 2 rings (SSSR count). The quantitative estimate of drug-likeness (QED) is 0.707. The smallest absolute Gasteiger partial charge is 0.231 e. The van der Waals surface area contributed by atoms with Crippen LogP contribution in [0.5, 0.6) is 5.88 Å². The molecule has 2 heterocycles. The maximum Gasteiger partial charge on any atom is 0.231 e. The molecule has 0 radical (unpaired) electrons. The number of ether oxygens (including phenoxy) is 1. The molecule has 0 saturated carbocycles. The van der Waals surface area contributed by atoms with Gasteiger partial charge in [-0.15, -0.1) is 11.3 Å². The van der Waals surface area contributed by atoms with Crippen molar-refractivity contribution in [3.05, 3.63) is 23.7 Å². The zero-order valence-electron chi connectivity index (χ0n) is 6.78. The van der Waals surface area contributed by atoms with Crippen LogP contribution in [0, 0.1) is 0 Å². The number of nitrogens with zero attached hydrogens (tertiary/aromatic N) is 1. The minimum Gasteiger partial charge on any atom is -0.477 e. The average molecular weight is 179 g/mol. The van der Waals surface area contributed by atoms with Crippen LogP contribution in [0.25, 0.3) is 10.1 Å². The number of thiophene rings is 1. The van der Waals surface area contributed by atoms with Crippen molar-refractivity contribution < 1.29 is 4.74 Å². The van der Waals surface area contributed by atoms with Gasteiger partial charge in [0.05, 0.1) is 11.3 Å². The third-order valence-electron chi connectivity index (χ3n) is 1.62. The fourth-order valence-corrected chi connectivity index (χ4v) is 1.94. The lowest BCUT2D eigenvalue weighted by molar-refractivity contribution is 0.332. The molecule has 0 amide bonds. The van der Waals surface area contributed by atoms with E-state index >= 15 is 0 Å². The highest BCUT2D eigenvalue weighted by molar-refractivity contribution is 7.17. The predicted molar refractivity (Wildman–Crippen MR) is 50.8 cm³/mol. The lowest BCUT2D eigenvalue weighted by atomic mass is 10.3. The number of pyridine rings is 1. The van der Waals surface area contributed by atoms with Gasteiger partial charge in [0, 0.05) is 6.20 Å². The van der Waals surface area contributed by atoms with E-state index in [1.165, 1.54) is 5.39 Å². The zero-order valence-corrected chi connectivity index (χ0v) is 7.60. The standard InChI is InChI=1S/C9H9NOS/c1-2-11-9-8-7(3-5-10-9)4-6-12-8/h3-6H,2H2,1H3. The van der Waals surface area contributed by atoms with Crippen LogP contribution in [-0.2, 0) is 0 Å². The van der Waals surface area contributed by atoms with E-state index in [0.717, 1.165) is 10.6 Å². The second-order valence-corrected chi connectivity index (χ2v) is 3.30. The molecular formula is C9H9NOS. The van der Waals surface area contributed by atoms with Crippen molar-refractivity contribution in [3.63, 3.8) is 0 Å². The molecule has 2 aromatic rings. The Labute approximate surface area is 74.8 Å². The van der Waals surface area contributed by atoms with Crippen molar-refractivity contribution in [3.8, 4) is 5.88 Å². The van der Waals surface area contributed by atoms with Crippen molar-refractivity contribution >= 4 is 21.4 Å². The molecule has 12 heavy (non-hydrogen) atoms. The van der Waals surface area contributed by atoms with Crippen LogP contribution in [0.3, 0.4) is 0 Å². The normalized spacial score (nSPS) is 10.4. The van der Waals surface area contributed by atoms with Gasteiger partial charge in [0.2, 0.25) is 5.88 Å². The van der Waals surface area contributed by atoms with Gasteiger partial charge in [-0.2, -0.15) is 0 Å². The predicted octanol–water partition coefficient (Wildman–Crippen LogP) is 2.70. The summed E-state index contributed by atoms with van der Waals surface area (Å²) < 4.78 is 6.52. The molecule has 0 unspecified atom stereocenters. The first kappa shape index (κ1) is 7.55. The summed E-state index contributed by atoms with van der Waals surface area (Å²) in [6, 6.07) is 4.07. The molecule has 2 nitrogen and oxygen atoms in total. The van der Waals surface area contributed by atoms with Gasteiger partial charge >= 0.3 is 0 Å². The van der Waals surface area contributed by atoms with Gasteiger partial charge in [0.25, 0.3) is 0 Å². The fourth-order valence-electron chi connectivity index (χ4n) is 1.11. The molecule has 0 saturated heterocycles. The van der Waals surface area contributed by atoms with Gasteiger partial charge in [-0.25, -0.2) is 4.98 Å². The van der Waals surface area contributed by atoms with Crippen molar-refractivity contribution in [1.29, 1.82) is 0 Å². The van der Waals surface area contributed by atoms with Gasteiger partial charge in [0.1, 0.15) is 0 Å². The van der Waals surface area contributed by atoms with E-state index in [2.05, 4.69) is 16.4 Å². The highest BCUT2D eigenvalue weighted by Crippen LogP contribution is 2.27. The fraction of sp³-hybridized carbons (Fsp3) is 0.222. The second-order valence-electron chi connectivity index (χ2n) is 2.39. The number of rotatable bonds is 2. The average Bonchev–Trinajstić information content (AvgIpc) is 2.53. The Kier molecular flexibility index (Phi) is 1.96. The summed E-state index contributed by atoms with van der Waals surface area (Å²) in [6.45, 7) is 2.64. The molecule has 0 atom stereocenters. The van der Waals surface area contributed by atoms with E-state index in [1.54, 1.807) is 17.5 Å². The summed E-state index contributed by atoms with van der Waals surface area (Å²) in [6.07, 6.45) is 1.78. The Morgan fingerprint density at radius 3 is 3.25 bits per heavy atom. The van der Waals surface area contributed by atoms with Crippen LogP contribution < -0.4 is 4.74 Å². The molecule has 0 aliphatic rings. The second kappa shape index (κ2) is 3.11. The summed E-state index contributed by atoms with van der Waals surface area (Å²) in [5.74, 6) is 0.755. The molecular weight excluding hydrogens is 170 g/mol. The van der Waals surface area contributed by atoms with E-state index in [4.69, 9.17) is 4.74 Å². The van der Waals surface area contributed by atoms with E-state index in [-0.39, 0.29) is 0 Å². The molecule has 62 valence electrons. The molecule has 0 aliphatic heterocycles. The monoisotopic (exact) mass is 179 g/mol. The Hall–Kier alpha value is -1.09. The van der Waals surface area contributed by atoms with Crippen molar-refractivity contribution in [2.45, 2.75) is 6.92 Å². The molecule has 0 bridgehead atoms. The van der Waals surface area contributed by atoms with Crippen molar-refractivity contribution in [2.75, 3.05) is 6.61 Å². The van der Waals surface area contributed by atoms with Gasteiger partial charge in [-0.3, -0.25) is 0 Å². The van der Waals surface area contributed by atoms with Crippen LogP contribution in [0.1, 0.15) is 6.92 Å². The zero-order chi connectivity index (χ0) is 8.39. The minimum atomic E-state index is 0.671. The van der Waals surface area contributed by atoms with Crippen molar-refractivity contribution in [2.24, 2.45) is 0 Å². The van der Waals surface area contributed by atoms with Crippen LogP contribution in [0.2, 0.25) is 0 Å². The Balaban J connectivity index is 2.57. The lowest BCUT2D eigenvalue weighted by Gasteiger charge is -2.01. The van der Waals surface area contributed by atoms with Crippen molar-refractivity contribution in [1.82, 2.24) is 4.98 Å². The molecule has 0 aromatic carbocycles. The first-order chi connectivity index (χ1) is 5.92. The Morgan fingerprint density at radius 2 is 2.42 bits per heavy atom. The first-order valence-electron chi connectivity index (χ1n) is 3.87. The highest BCUT2D eigenvalue weighted by atomic mass is 32.1. The molecule has 0 N–H and O–H groups in total. The lowest BCUT2D eigenvalue weighted by Crippen LogP contribution is -1.93. The van der Waals surface area contributed by atoms with Crippen LogP contribution in [0.4, 0.5) is 0 Å². The van der Waals surface area contributed by atoms with Gasteiger partial charge in [-0.1, -0.05) is 0 Å². The first-order valence-corrected chi connectivity index (χ1v) is 4.75. The molecule has 3 heteroatoms. The SMILES string of the molecule is CCOc1nccc2ccsc12. The maximum absolute atomic E-state index is 5.38. The third kappa shape index (κ3) is 1.16. The largest absolute Gasteiger partial charge is 0.477 e. The summed E-state index contributed by atoms with van der Waals surface area (Å²) in [5.41, 5.74) is 0. The van der Waals surface area contributed by atoms with Gasteiger partial charge < -0.3 is 4.74 Å². The molecule has 2 aromatic heterocycles. The molecule has 0 aliphatic carbocycles. The minimum absolute atomic E-state index is 0.671. The maximum atomic E-state index is 5.38. The number of aromatic nitrogens is 1. The topological polar surface area (TPSA) is 22.1 Å². The third-order valence-corrected chi connectivity index (χ3v) is 2.54. The number of hydrogen-bond acceptors (Lipinski definition) is 3. The van der Waals surface area contributed by atoms with E-state index in [1.807, 2.05) is 13.0 Å². The van der Waals surface area contributed by atoms with E-state index in [9.17, 15) is 0 Å². The number of fused-ring (bicyclic) bond motifs is 1. The Bertz CT molecular complexity index is 383. The summed E-state index contributed by atoms with van der Waals surface area (Å²) in [5, 5.41) is 3.26. The molecule has 0 fully saturated rings.